The van der Waals surface area contributed by atoms with Crippen LogP contribution in [0, 0.1) is 6.92 Å². The number of anilines is 2. The zero-order valence-electron chi connectivity index (χ0n) is 25.5. The molecule has 5 aromatic rings. The quantitative estimate of drug-likeness (QED) is 0.258. The zero-order chi connectivity index (χ0) is 30.8. The van der Waals surface area contributed by atoms with Crippen LogP contribution in [0.2, 0.25) is 0 Å². The molecule has 4 aromatic heterocycles. The number of nitrogens with one attached hydrogen (secondary N) is 2. The number of aryl methyl sites for hydroxylation is 1. The molecular weight excluding hydrogens is 562 g/mol. The minimum absolute atomic E-state index is 0.127. The molecule has 1 amide bonds. The third-order valence-corrected chi connectivity index (χ3v) is 7.50. The largest absolute Gasteiger partial charge is 0.457 e. The molecule has 6 rings (SSSR count). The van der Waals surface area contributed by atoms with Gasteiger partial charge in [0.2, 0.25) is 0 Å². The molecule has 0 bridgehead atoms. The molecule has 5 heterocycles. The number of benzene rings is 1. The smallest absolute Gasteiger partial charge is 0.407 e. The van der Waals surface area contributed by atoms with E-state index in [9.17, 15) is 4.79 Å². The molecule has 1 aliphatic rings. The lowest BCUT2D eigenvalue weighted by Crippen LogP contribution is -2.55. The van der Waals surface area contributed by atoms with Gasteiger partial charge in [-0.05, 0) is 75.6 Å². The van der Waals surface area contributed by atoms with Gasteiger partial charge in [0.25, 0.3) is 0 Å². The van der Waals surface area contributed by atoms with E-state index in [4.69, 9.17) is 14.2 Å². The second-order valence-electron chi connectivity index (χ2n) is 11.9. The number of nitrogens with zero attached hydrogens (tertiary/aromatic N) is 7. The molecule has 0 saturated carbocycles. The Kier molecular flexibility index (Phi) is 8.06. The lowest BCUT2D eigenvalue weighted by Gasteiger charge is -2.38. The Balaban J connectivity index is 1.14. The van der Waals surface area contributed by atoms with Gasteiger partial charge in [0, 0.05) is 50.9 Å². The van der Waals surface area contributed by atoms with Crippen LogP contribution in [0.15, 0.2) is 61.4 Å². The first kappa shape index (κ1) is 29.3. The number of likely N-dealkylation sites (tertiary alicyclic amines) is 1. The summed E-state index contributed by atoms with van der Waals surface area (Å²) in [6.07, 6.45) is 6.96. The maximum Gasteiger partial charge on any atom is 0.407 e. The van der Waals surface area contributed by atoms with E-state index in [2.05, 4.69) is 41.8 Å². The van der Waals surface area contributed by atoms with Crippen LogP contribution in [0.25, 0.3) is 11.2 Å². The molecule has 13 heteroatoms. The van der Waals surface area contributed by atoms with E-state index < -0.39 is 11.7 Å². The fraction of sp³-hybridized carbons (Fsp3) is 0.387. The van der Waals surface area contributed by atoms with Crippen molar-refractivity contribution in [3.8, 4) is 11.5 Å². The average molecular weight is 600 g/mol. The van der Waals surface area contributed by atoms with E-state index in [0.717, 1.165) is 41.0 Å². The van der Waals surface area contributed by atoms with Crippen LogP contribution < -0.4 is 15.4 Å². The summed E-state index contributed by atoms with van der Waals surface area (Å²) in [5.41, 5.74) is 3.99. The minimum Gasteiger partial charge on any atom is -0.457 e. The van der Waals surface area contributed by atoms with Crippen molar-refractivity contribution in [1.82, 2.24) is 39.4 Å². The topological polar surface area (TPSA) is 132 Å². The number of aromatic nitrogens is 6. The van der Waals surface area contributed by atoms with Gasteiger partial charge in [-0.25, -0.2) is 23.8 Å². The Hall–Kier alpha value is -4.75. The van der Waals surface area contributed by atoms with E-state index >= 15 is 0 Å². The third kappa shape index (κ3) is 6.58. The van der Waals surface area contributed by atoms with E-state index in [-0.39, 0.29) is 12.1 Å². The van der Waals surface area contributed by atoms with Crippen LogP contribution in [0.3, 0.4) is 0 Å². The van der Waals surface area contributed by atoms with Crippen molar-refractivity contribution in [3.63, 3.8) is 0 Å². The molecule has 230 valence electrons. The van der Waals surface area contributed by atoms with E-state index in [1.165, 1.54) is 6.33 Å². The van der Waals surface area contributed by atoms with Gasteiger partial charge in [0.1, 0.15) is 35.3 Å². The monoisotopic (exact) mass is 599 g/mol. The summed E-state index contributed by atoms with van der Waals surface area (Å²) in [7, 11) is 1.68. The number of amides is 1. The van der Waals surface area contributed by atoms with Crippen LogP contribution in [0.1, 0.15) is 38.3 Å². The van der Waals surface area contributed by atoms with Crippen molar-refractivity contribution in [2.45, 2.75) is 58.4 Å². The number of fused-ring (bicyclic) bond motifs is 2. The van der Waals surface area contributed by atoms with Crippen molar-refractivity contribution in [2.24, 2.45) is 0 Å². The number of hydrogen-bond acceptors (Lipinski definition) is 10. The number of piperidine rings is 1. The van der Waals surface area contributed by atoms with Crippen LogP contribution in [-0.4, -0.2) is 78.1 Å². The fourth-order valence-corrected chi connectivity index (χ4v) is 5.43. The first-order valence-corrected chi connectivity index (χ1v) is 14.6. The van der Waals surface area contributed by atoms with Crippen LogP contribution in [-0.2, 0) is 16.0 Å². The van der Waals surface area contributed by atoms with Gasteiger partial charge in [0.05, 0.1) is 12.1 Å². The summed E-state index contributed by atoms with van der Waals surface area (Å²) in [6, 6.07) is 11.6. The van der Waals surface area contributed by atoms with Gasteiger partial charge < -0.3 is 24.8 Å². The summed E-state index contributed by atoms with van der Waals surface area (Å²) < 4.78 is 20.9. The summed E-state index contributed by atoms with van der Waals surface area (Å²) >= 11 is 0. The Morgan fingerprint density at radius 3 is 2.64 bits per heavy atom. The molecule has 1 saturated heterocycles. The Bertz CT molecular complexity index is 1780. The predicted molar refractivity (Wildman–Crippen MR) is 164 cm³/mol. The SMILES string of the molecule is CO[C@@H]1CN(Cc2ccn3ncnc(Nc4ccc(Oc5ccn6ncnc6c5)c(C)c4)c23)CC[C@H]1NC(=O)OC(C)(C)C. The lowest BCUT2D eigenvalue weighted by atomic mass is 10.0. The number of pyridine rings is 1. The predicted octanol–water partition coefficient (Wildman–Crippen LogP) is 4.73. The van der Waals surface area contributed by atoms with Crippen molar-refractivity contribution in [3.05, 3.63) is 72.6 Å². The second kappa shape index (κ2) is 12.1. The minimum atomic E-state index is -0.555. The third-order valence-electron chi connectivity index (χ3n) is 7.50. The normalized spacial score (nSPS) is 17.6. The summed E-state index contributed by atoms with van der Waals surface area (Å²) in [4.78, 5) is 23.5. The van der Waals surface area contributed by atoms with E-state index in [0.29, 0.717) is 30.3 Å². The molecule has 1 aromatic carbocycles. The summed E-state index contributed by atoms with van der Waals surface area (Å²) in [6.45, 7) is 9.69. The highest BCUT2D eigenvalue weighted by atomic mass is 16.6. The van der Waals surface area contributed by atoms with Crippen LogP contribution in [0.5, 0.6) is 11.5 Å². The van der Waals surface area contributed by atoms with Crippen molar-refractivity contribution in [2.75, 3.05) is 25.5 Å². The second-order valence-corrected chi connectivity index (χ2v) is 11.9. The maximum atomic E-state index is 12.4. The number of hydrogen-bond donors (Lipinski definition) is 2. The maximum absolute atomic E-state index is 12.4. The first-order chi connectivity index (χ1) is 21.1. The summed E-state index contributed by atoms with van der Waals surface area (Å²) in [5, 5.41) is 15.0. The number of alkyl carbamates (subject to hydrolysis) is 1. The lowest BCUT2D eigenvalue weighted by molar-refractivity contribution is -0.00437. The molecule has 0 spiro atoms. The zero-order valence-corrected chi connectivity index (χ0v) is 25.5. The highest BCUT2D eigenvalue weighted by Gasteiger charge is 2.32. The molecule has 1 aliphatic heterocycles. The molecule has 2 N–H and O–H groups in total. The number of rotatable bonds is 8. The first-order valence-electron chi connectivity index (χ1n) is 14.6. The standard InChI is InChI=1S/C31H37N9O4/c1-20-14-22(6-7-25(20)43-23-9-13-39-27(15-23)32-18-34-39)36-29-28-21(8-12-40(28)35-19-33-29)16-38-11-10-24(26(17-38)42-5)37-30(41)44-31(2,3)4/h6-9,12-15,18-19,24,26H,10-11,16-17H2,1-5H3,(H,37,41)(H,33,35,36)/t24-,26-/m1/s1. The molecule has 0 unspecified atom stereocenters. The van der Waals surface area contributed by atoms with Gasteiger partial charge in [-0.1, -0.05) is 0 Å². The molecule has 0 radical (unpaired) electrons. The number of ether oxygens (including phenoxy) is 3. The number of carbonyl (C=O) groups excluding carboxylic acids is 1. The van der Waals surface area contributed by atoms with Crippen molar-refractivity contribution < 1.29 is 19.0 Å². The van der Waals surface area contributed by atoms with E-state index in [1.807, 2.05) is 74.9 Å². The van der Waals surface area contributed by atoms with Gasteiger partial charge in [-0.15, -0.1) is 0 Å². The van der Waals surface area contributed by atoms with E-state index in [1.54, 1.807) is 18.0 Å². The average Bonchev–Trinajstić information content (AvgIpc) is 3.61. The van der Waals surface area contributed by atoms with Crippen LogP contribution in [0.4, 0.5) is 16.3 Å². The highest BCUT2D eigenvalue weighted by molar-refractivity contribution is 5.77. The van der Waals surface area contributed by atoms with Gasteiger partial charge >= 0.3 is 6.09 Å². The molecule has 0 aliphatic carbocycles. The molecule has 1 fully saturated rings. The van der Waals surface area contributed by atoms with Crippen molar-refractivity contribution in [1.29, 1.82) is 0 Å². The Morgan fingerprint density at radius 2 is 1.84 bits per heavy atom. The highest BCUT2D eigenvalue weighted by Crippen LogP contribution is 2.30. The number of methoxy groups -OCH3 is 1. The van der Waals surface area contributed by atoms with Gasteiger partial charge in [0.15, 0.2) is 11.5 Å². The summed E-state index contributed by atoms with van der Waals surface area (Å²) in [5.74, 6) is 2.13. The molecular formula is C31H37N9O4. The molecule has 2 atom stereocenters. The fourth-order valence-electron chi connectivity index (χ4n) is 5.43. The van der Waals surface area contributed by atoms with Crippen LogP contribution >= 0.6 is 0 Å². The molecule has 44 heavy (non-hydrogen) atoms. The van der Waals surface area contributed by atoms with Crippen molar-refractivity contribution >= 4 is 28.8 Å². The Morgan fingerprint density at radius 1 is 1.05 bits per heavy atom. The Labute approximate surface area is 255 Å². The van der Waals surface area contributed by atoms with Gasteiger partial charge in [-0.3, -0.25) is 4.90 Å². The van der Waals surface area contributed by atoms with Gasteiger partial charge in [-0.2, -0.15) is 10.2 Å². The molecule has 13 nitrogen and oxygen atoms in total. The number of carbonyl (C=O) groups is 1.